The van der Waals surface area contributed by atoms with E-state index in [0.29, 0.717) is 10.9 Å². The molecule has 17 heavy (non-hydrogen) atoms. The van der Waals surface area contributed by atoms with Crippen LogP contribution in [0.2, 0.25) is 0 Å². The fraction of sp³-hybridized carbons (Fsp3) is 0.333. The molecule has 5 heteroatoms. The Labute approximate surface area is 97.7 Å². The van der Waals surface area contributed by atoms with Crippen LogP contribution in [-0.4, -0.2) is 27.7 Å². The van der Waals surface area contributed by atoms with Gasteiger partial charge in [0, 0.05) is 6.54 Å². The van der Waals surface area contributed by atoms with Crippen molar-refractivity contribution in [3.8, 4) is 5.75 Å². The molecule has 2 heterocycles. The van der Waals surface area contributed by atoms with Crippen molar-refractivity contribution in [3.63, 3.8) is 0 Å². The van der Waals surface area contributed by atoms with E-state index in [1.807, 2.05) is 0 Å². The molecule has 0 amide bonds. The van der Waals surface area contributed by atoms with Gasteiger partial charge in [0.1, 0.15) is 5.75 Å². The second-order valence-electron chi connectivity index (χ2n) is 4.31. The summed E-state index contributed by atoms with van der Waals surface area (Å²) < 4.78 is 1.65. The molecule has 1 unspecified atom stereocenters. The van der Waals surface area contributed by atoms with Crippen molar-refractivity contribution in [2.45, 2.75) is 12.5 Å². The Bertz CT molecular complexity index is 615. The number of aromatic nitrogens is 2. The molecule has 1 atom stereocenters. The van der Waals surface area contributed by atoms with Crippen molar-refractivity contribution < 1.29 is 5.11 Å². The predicted octanol–water partition coefficient (Wildman–Crippen LogP) is 0.636. The predicted molar refractivity (Wildman–Crippen MR) is 64.2 cm³/mol. The Morgan fingerprint density at radius 2 is 2.35 bits per heavy atom. The molecule has 1 saturated heterocycles. The first-order chi connectivity index (χ1) is 8.25. The van der Waals surface area contributed by atoms with Gasteiger partial charge < -0.3 is 10.4 Å². The Morgan fingerprint density at radius 3 is 3.12 bits per heavy atom. The number of nitrogens with one attached hydrogen (secondary N) is 1. The van der Waals surface area contributed by atoms with Gasteiger partial charge in [-0.15, -0.1) is 0 Å². The minimum Gasteiger partial charge on any atom is -0.508 e. The van der Waals surface area contributed by atoms with Crippen LogP contribution in [0.3, 0.4) is 0 Å². The number of rotatable bonds is 1. The van der Waals surface area contributed by atoms with Crippen LogP contribution < -0.4 is 10.9 Å². The number of hydrogen-bond donors (Lipinski definition) is 2. The van der Waals surface area contributed by atoms with Crippen molar-refractivity contribution in [2.24, 2.45) is 0 Å². The normalized spacial score (nSPS) is 19.9. The quantitative estimate of drug-likeness (QED) is 0.755. The number of phenolic OH excluding ortho intramolecular Hbond substituents is 1. The zero-order valence-corrected chi connectivity index (χ0v) is 9.26. The molecule has 1 fully saturated rings. The van der Waals surface area contributed by atoms with E-state index >= 15 is 0 Å². The molecule has 1 aromatic carbocycles. The maximum atomic E-state index is 12.3. The van der Waals surface area contributed by atoms with E-state index in [1.54, 1.807) is 17.0 Å². The molecule has 1 aliphatic heterocycles. The maximum absolute atomic E-state index is 12.3. The van der Waals surface area contributed by atoms with E-state index in [9.17, 15) is 9.90 Å². The zero-order valence-electron chi connectivity index (χ0n) is 9.26. The van der Waals surface area contributed by atoms with E-state index in [0.717, 1.165) is 19.5 Å². The topological polar surface area (TPSA) is 67.1 Å². The number of phenols is 1. The van der Waals surface area contributed by atoms with E-state index < -0.39 is 0 Å². The van der Waals surface area contributed by atoms with Crippen LogP contribution in [0.4, 0.5) is 0 Å². The van der Waals surface area contributed by atoms with Crippen molar-refractivity contribution in [3.05, 3.63) is 34.9 Å². The molecule has 1 aromatic heterocycles. The number of nitrogens with zero attached hydrogens (tertiary/aromatic N) is 2. The monoisotopic (exact) mass is 231 g/mol. The van der Waals surface area contributed by atoms with Crippen molar-refractivity contribution in [1.29, 1.82) is 0 Å². The summed E-state index contributed by atoms with van der Waals surface area (Å²) in [6.07, 6.45) is 2.53. The standard InChI is InChI=1S/C12H13N3O2/c16-9-1-2-11-10(5-9)12(17)15(7-14-11)8-3-4-13-6-8/h1-2,5,7-8,13,16H,3-4,6H2. The van der Waals surface area contributed by atoms with Crippen LogP contribution in [0.25, 0.3) is 10.9 Å². The summed E-state index contributed by atoms with van der Waals surface area (Å²) in [6, 6.07) is 4.84. The van der Waals surface area contributed by atoms with E-state index in [1.165, 1.54) is 12.1 Å². The summed E-state index contributed by atoms with van der Waals surface area (Å²) in [7, 11) is 0. The number of fused-ring (bicyclic) bond motifs is 1. The van der Waals surface area contributed by atoms with Gasteiger partial charge in [-0.25, -0.2) is 4.98 Å². The number of benzene rings is 1. The largest absolute Gasteiger partial charge is 0.508 e. The molecule has 0 aliphatic carbocycles. The number of aromatic hydroxyl groups is 1. The van der Waals surface area contributed by atoms with Gasteiger partial charge in [-0.1, -0.05) is 0 Å². The van der Waals surface area contributed by atoms with Crippen LogP contribution in [0.15, 0.2) is 29.3 Å². The second-order valence-corrected chi connectivity index (χ2v) is 4.31. The first kappa shape index (κ1) is 10.3. The summed E-state index contributed by atoms with van der Waals surface area (Å²) in [5.41, 5.74) is 0.537. The molecule has 1 aliphatic rings. The van der Waals surface area contributed by atoms with Gasteiger partial charge in [-0.3, -0.25) is 9.36 Å². The molecule has 2 aromatic rings. The molecule has 0 radical (unpaired) electrons. The summed E-state index contributed by atoms with van der Waals surface area (Å²) >= 11 is 0. The van der Waals surface area contributed by atoms with Crippen molar-refractivity contribution in [2.75, 3.05) is 13.1 Å². The van der Waals surface area contributed by atoms with Gasteiger partial charge in [-0.05, 0) is 31.2 Å². The highest BCUT2D eigenvalue weighted by Gasteiger charge is 2.18. The van der Waals surface area contributed by atoms with E-state index in [-0.39, 0.29) is 17.4 Å². The summed E-state index contributed by atoms with van der Waals surface area (Å²) in [5, 5.41) is 13.1. The van der Waals surface area contributed by atoms with Gasteiger partial charge in [0.05, 0.1) is 23.3 Å². The smallest absolute Gasteiger partial charge is 0.261 e. The molecule has 88 valence electrons. The molecule has 0 spiro atoms. The third-order valence-electron chi connectivity index (χ3n) is 3.19. The van der Waals surface area contributed by atoms with Crippen LogP contribution in [-0.2, 0) is 0 Å². The highest BCUT2D eigenvalue weighted by Crippen LogP contribution is 2.17. The number of hydrogen-bond acceptors (Lipinski definition) is 4. The van der Waals surface area contributed by atoms with Gasteiger partial charge in [0.25, 0.3) is 5.56 Å². The Balaban J connectivity index is 2.21. The minimum absolute atomic E-state index is 0.0837. The van der Waals surface area contributed by atoms with E-state index in [4.69, 9.17) is 0 Å². The molecule has 5 nitrogen and oxygen atoms in total. The Morgan fingerprint density at radius 1 is 1.47 bits per heavy atom. The lowest BCUT2D eigenvalue weighted by atomic mass is 10.2. The Kier molecular flexibility index (Phi) is 2.33. The minimum atomic E-state index is -0.0837. The highest BCUT2D eigenvalue weighted by atomic mass is 16.3. The molecule has 3 rings (SSSR count). The van der Waals surface area contributed by atoms with Crippen LogP contribution in [0, 0.1) is 0 Å². The van der Waals surface area contributed by atoms with Crippen LogP contribution >= 0.6 is 0 Å². The molecular formula is C12H13N3O2. The summed E-state index contributed by atoms with van der Waals surface area (Å²) in [4.78, 5) is 16.5. The van der Waals surface area contributed by atoms with Crippen LogP contribution in [0.5, 0.6) is 5.75 Å². The molecule has 0 saturated carbocycles. The van der Waals surface area contributed by atoms with Gasteiger partial charge in [0.15, 0.2) is 0 Å². The van der Waals surface area contributed by atoms with Crippen LogP contribution in [0.1, 0.15) is 12.5 Å². The fourth-order valence-electron chi connectivity index (χ4n) is 2.26. The first-order valence-corrected chi connectivity index (χ1v) is 5.66. The highest BCUT2D eigenvalue weighted by molar-refractivity contribution is 5.78. The SMILES string of the molecule is O=c1c2cc(O)ccc2ncn1C1CCNC1. The molecular weight excluding hydrogens is 218 g/mol. The maximum Gasteiger partial charge on any atom is 0.261 e. The van der Waals surface area contributed by atoms with Crippen molar-refractivity contribution >= 4 is 10.9 Å². The lowest BCUT2D eigenvalue weighted by molar-refractivity contribution is 0.475. The Hall–Kier alpha value is -1.88. The first-order valence-electron chi connectivity index (χ1n) is 5.66. The summed E-state index contributed by atoms with van der Waals surface area (Å²) in [5.74, 6) is 0.0960. The van der Waals surface area contributed by atoms with Gasteiger partial charge >= 0.3 is 0 Å². The zero-order chi connectivity index (χ0) is 11.8. The summed E-state index contributed by atoms with van der Waals surface area (Å²) in [6.45, 7) is 1.72. The third kappa shape index (κ3) is 1.68. The molecule has 0 bridgehead atoms. The van der Waals surface area contributed by atoms with E-state index in [2.05, 4.69) is 10.3 Å². The lowest BCUT2D eigenvalue weighted by Crippen LogP contribution is -2.26. The second kappa shape index (κ2) is 3.85. The average molecular weight is 231 g/mol. The third-order valence-corrected chi connectivity index (χ3v) is 3.19. The molecule has 2 N–H and O–H groups in total. The van der Waals surface area contributed by atoms with Gasteiger partial charge in [-0.2, -0.15) is 0 Å². The van der Waals surface area contributed by atoms with Gasteiger partial charge in [0.2, 0.25) is 0 Å². The lowest BCUT2D eigenvalue weighted by Gasteiger charge is -2.12. The van der Waals surface area contributed by atoms with Crippen molar-refractivity contribution in [1.82, 2.24) is 14.9 Å². The average Bonchev–Trinajstić information content (AvgIpc) is 2.84. The fourth-order valence-corrected chi connectivity index (χ4v) is 2.26.